The quantitative estimate of drug-likeness (QED) is 0.891. The summed E-state index contributed by atoms with van der Waals surface area (Å²) in [6, 6.07) is 7.45. The normalized spacial score (nSPS) is 13.6. The standard InChI is InChI=1S/C12H15BrO2/c1-12(2,3)10(11(14)15)8-4-6-9(13)7-5-8/h4-7,10H,1-3H3,(H,14,15)/t10-/m1/s1. The van der Waals surface area contributed by atoms with E-state index >= 15 is 0 Å². The summed E-state index contributed by atoms with van der Waals surface area (Å²) in [5.74, 6) is -1.24. The molecule has 0 bridgehead atoms. The van der Waals surface area contributed by atoms with E-state index in [-0.39, 0.29) is 5.41 Å². The lowest BCUT2D eigenvalue weighted by molar-refractivity contribution is -0.141. The second-order valence-corrected chi connectivity index (χ2v) is 5.60. The number of carbonyl (C=O) groups is 1. The molecular formula is C12H15BrO2. The molecule has 1 aromatic carbocycles. The van der Waals surface area contributed by atoms with E-state index in [1.54, 1.807) is 0 Å². The summed E-state index contributed by atoms with van der Waals surface area (Å²) in [5, 5.41) is 9.22. The number of benzene rings is 1. The van der Waals surface area contributed by atoms with Crippen LogP contribution >= 0.6 is 15.9 Å². The molecule has 0 aliphatic rings. The Hall–Kier alpha value is -0.830. The van der Waals surface area contributed by atoms with Crippen LogP contribution in [0.25, 0.3) is 0 Å². The zero-order valence-corrected chi connectivity index (χ0v) is 10.7. The molecule has 3 heteroatoms. The Morgan fingerprint density at radius 1 is 1.27 bits per heavy atom. The zero-order valence-electron chi connectivity index (χ0n) is 9.12. The number of hydrogen-bond donors (Lipinski definition) is 1. The van der Waals surface area contributed by atoms with Gasteiger partial charge in [-0.15, -0.1) is 0 Å². The number of halogens is 1. The molecule has 0 radical (unpaired) electrons. The van der Waals surface area contributed by atoms with Gasteiger partial charge in [0.2, 0.25) is 0 Å². The summed E-state index contributed by atoms with van der Waals surface area (Å²) in [4.78, 5) is 11.2. The van der Waals surface area contributed by atoms with Crippen LogP contribution in [0.15, 0.2) is 28.7 Å². The topological polar surface area (TPSA) is 37.3 Å². The van der Waals surface area contributed by atoms with E-state index in [2.05, 4.69) is 15.9 Å². The lowest BCUT2D eigenvalue weighted by Gasteiger charge is -2.27. The van der Waals surface area contributed by atoms with Crippen LogP contribution in [-0.2, 0) is 4.79 Å². The van der Waals surface area contributed by atoms with E-state index in [9.17, 15) is 9.90 Å². The Morgan fingerprint density at radius 3 is 2.07 bits per heavy atom. The summed E-state index contributed by atoms with van der Waals surface area (Å²) in [6.45, 7) is 5.81. The van der Waals surface area contributed by atoms with E-state index < -0.39 is 11.9 Å². The molecule has 82 valence electrons. The Labute approximate surface area is 98.4 Å². The molecule has 1 rings (SSSR count). The average molecular weight is 271 g/mol. The third-order valence-corrected chi connectivity index (χ3v) is 2.84. The van der Waals surface area contributed by atoms with Gasteiger partial charge in [-0.3, -0.25) is 4.79 Å². The van der Waals surface area contributed by atoms with Gasteiger partial charge >= 0.3 is 5.97 Å². The molecule has 0 aliphatic carbocycles. The predicted octanol–water partition coefficient (Wildman–Crippen LogP) is 3.66. The number of carboxylic acid groups (broad SMARTS) is 1. The van der Waals surface area contributed by atoms with Crippen LogP contribution in [-0.4, -0.2) is 11.1 Å². The van der Waals surface area contributed by atoms with Crippen LogP contribution in [0.1, 0.15) is 32.3 Å². The maximum atomic E-state index is 11.2. The molecule has 0 amide bonds. The van der Waals surface area contributed by atoms with Crippen molar-refractivity contribution < 1.29 is 9.90 Å². The molecule has 1 N–H and O–H groups in total. The summed E-state index contributed by atoms with van der Waals surface area (Å²) >= 11 is 3.33. The number of aliphatic carboxylic acids is 1. The molecule has 1 atom stereocenters. The highest BCUT2D eigenvalue weighted by Gasteiger charge is 2.32. The Kier molecular flexibility index (Phi) is 3.55. The molecule has 0 saturated carbocycles. The van der Waals surface area contributed by atoms with Gasteiger partial charge in [0.05, 0.1) is 5.92 Å². The molecule has 0 aromatic heterocycles. The van der Waals surface area contributed by atoms with Crippen LogP contribution in [0.5, 0.6) is 0 Å². The van der Waals surface area contributed by atoms with Crippen molar-refractivity contribution in [2.24, 2.45) is 5.41 Å². The van der Waals surface area contributed by atoms with Crippen molar-refractivity contribution in [1.82, 2.24) is 0 Å². The van der Waals surface area contributed by atoms with Crippen LogP contribution in [0.2, 0.25) is 0 Å². The maximum absolute atomic E-state index is 11.2. The minimum atomic E-state index is -0.773. The van der Waals surface area contributed by atoms with Crippen molar-refractivity contribution >= 4 is 21.9 Å². The molecule has 2 nitrogen and oxygen atoms in total. The molecule has 0 saturated heterocycles. The Morgan fingerprint density at radius 2 is 1.73 bits per heavy atom. The maximum Gasteiger partial charge on any atom is 0.311 e. The monoisotopic (exact) mass is 270 g/mol. The molecule has 0 spiro atoms. The number of carboxylic acids is 1. The first kappa shape index (κ1) is 12.2. The lowest BCUT2D eigenvalue weighted by atomic mass is 9.76. The van der Waals surface area contributed by atoms with Crippen molar-refractivity contribution in [2.75, 3.05) is 0 Å². The number of rotatable bonds is 2. The molecule has 1 aromatic rings. The molecule has 0 fully saturated rings. The van der Waals surface area contributed by atoms with Gasteiger partial charge in [0.1, 0.15) is 0 Å². The second kappa shape index (κ2) is 4.35. The van der Waals surface area contributed by atoms with E-state index in [0.29, 0.717) is 0 Å². The van der Waals surface area contributed by atoms with E-state index in [0.717, 1.165) is 10.0 Å². The van der Waals surface area contributed by atoms with Gasteiger partial charge < -0.3 is 5.11 Å². The fraction of sp³-hybridized carbons (Fsp3) is 0.417. The highest BCUT2D eigenvalue weighted by atomic mass is 79.9. The fourth-order valence-electron chi connectivity index (χ4n) is 1.67. The largest absolute Gasteiger partial charge is 0.481 e. The van der Waals surface area contributed by atoms with Crippen LogP contribution in [0.3, 0.4) is 0 Å². The Bertz CT molecular complexity index is 349. The molecule has 0 heterocycles. The Balaban J connectivity index is 3.11. The van der Waals surface area contributed by atoms with Crippen molar-refractivity contribution in [3.05, 3.63) is 34.3 Å². The average Bonchev–Trinajstić information content (AvgIpc) is 2.05. The lowest BCUT2D eigenvalue weighted by Crippen LogP contribution is -2.26. The van der Waals surface area contributed by atoms with Crippen LogP contribution < -0.4 is 0 Å². The summed E-state index contributed by atoms with van der Waals surface area (Å²) in [6.07, 6.45) is 0. The van der Waals surface area contributed by atoms with Crippen molar-refractivity contribution in [1.29, 1.82) is 0 Å². The van der Waals surface area contributed by atoms with Gasteiger partial charge in [-0.05, 0) is 23.1 Å². The first-order valence-corrected chi connectivity index (χ1v) is 5.60. The minimum Gasteiger partial charge on any atom is -0.481 e. The third-order valence-electron chi connectivity index (χ3n) is 2.32. The molecule has 0 aliphatic heterocycles. The third kappa shape index (κ3) is 3.06. The van der Waals surface area contributed by atoms with E-state index in [1.807, 2.05) is 45.0 Å². The van der Waals surface area contributed by atoms with E-state index in [1.165, 1.54) is 0 Å². The van der Waals surface area contributed by atoms with Gasteiger partial charge in [0.25, 0.3) is 0 Å². The van der Waals surface area contributed by atoms with Crippen molar-refractivity contribution in [2.45, 2.75) is 26.7 Å². The molecule has 0 unspecified atom stereocenters. The fourth-order valence-corrected chi connectivity index (χ4v) is 1.93. The second-order valence-electron chi connectivity index (χ2n) is 4.69. The minimum absolute atomic E-state index is 0.278. The predicted molar refractivity (Wildman–Crippen MR) is 64.0 cm³/mol. The summed E-state index contributed by atoms with van der Waals surface area (Å²) < 4.78 is 0.962. The van der Waals surface area contributed by atoms with Crippen molar-refractivity contribution in [3.8, 4) is 0 Å². The van der Waals surface area contributed by atoms with Crippen LogP contribution in [0, 0.1) is 5.41 Å². The van der Waals surface area contributed by atoms with Gasteiger partial charge in [0, 0.05) is 4.47 Å². The van der Waals surface area contributed by atoms with Gasteiger partial charge in [-0.2, -0.15) is 0 Å². The van der Waals surface area contributed by atoms with Gasteiger partial charge in [-0.25, -0.2) is 0 Å². The van der Waals surface area contributed by atoms with Crippen molar-refractivity contribution in [3.63, 3.8) is 0 Å². The van der Waals surface area contributed by atoms with E-state index in [4.69, 9.17) is 0 Å². The summed E-state index contributed by atoms with van der Waals surface area (Å²) in [7, 11) is 0. The molecular weight excluding hydrogens is 256 g/mol. The highest BCUT2D eigenvalue weighted by molar-refractivity contribution is 9.10. The first-order valence-electron chi connectivity index (χ1n) is 4.80. The number of hydrogen-bond acceptors (Lipinski definition) is 1. The molecule has 15 heavy (non-hydrogen) atoms. The highest BCUT2D eigenvalue weighted by Crippen LogP contribution is 2.35. The van der Waals surface area contributed by atoms with Gasteiger partial charge in [-0.1, -0.05) is 48.8 Å². The zero-order chi connectivity index (χ0) is 11.6. The van der Waals surface area contributed by atoms with Gasteiger partial charge in [0.15, 0.2) is 0 Å². The SMILES string of the molecule is CC(C)(C)[C@@H](C(=O)O)c1ccc(Br)cc1. The first-order chi connectivity index (χ1) is 6.82. The summed E-state index contributed by atoms with van der Waals surface area (Å²) in [5.41, 5.74) is 0.567. The smallest absolute Gasteiger partial charge is 0.311 e. The van der Waals surface area contributed by atoms with Crippen LogP contribution in [0.4, 0.5) is 0 Å².